The highest BCUT2D eigenvalue weighted by molar-refractivity contribution is 7.16. The van der Waals surface area contributed by atoms with Crippen molar-refractivity contribution in [3.05, 3.63) is 20.8 Å². The van der Waals surface area contributed by atoms with Crippen LogP contribution in [0.1, 0.15) is 55.5 Å². The molecule has 0 bridgehead atoms. The number of aryl methyl sites for hydroxylation is 1. The van der Waals surface area contributed by atoms with Crippen molar-refractivity contribution in [1.29, 1.82) is 0 Å². The van der Waals surface area contributed by atoms with Gasteiger partial charge in [0.2, 0.25) is 0 Å². The molecule has 1 aliphatic heterocycles. The largest absolute Gasteiger partial charge is 0.378 e. The first-order valence-corrected chi connectivity index (χ1v) is 8.51. The van der Waals surface area contributed by atoms with Gasteiger partial charge in [-0.25, -0.2) is 0 Å². The van der Waals surface area contributed by atoms with Crippen LogP contribution in [0.15, 0.2) is 6.07 Å². The van der Waals surface area contributed by atoms with Crippen molar-refractivity contribution in [2.75, 3.05) is 13.2 Å². The summed E-state index contributed by atoms with van der Waals surface area (Å²) < 4.78 is 6.65. The van der Waals surface area contributed by atoms with Crippen LogP contribution in [0.5, 0.6) is 0 Å². The van der Waals surface area contributed by atoms with Crippen molar-refractivity contribution in [2.45, 2.75) is 58.1 Å². The minimum Gasteiger partial charge on any atom is -0.378 e. The van der Waals surface area contributed by atoms with Gasteiger partial charge in [-0.1, -0.05) is 18.5 Å². The predicted octanol–water partition coefficient (Wildman–Crippen LogP) is 4.71. The van der Waals surface area contributed by atoms with Gasteiger partial charge in [-0.05, 0) is 57.2 Å². The molecule has 0 aliphatic carbocycles. The molecule has 0 saturated carbocycles. The second kappa shape index (κ2) is 7.63. The Kier molecular flexibility index (Phi) is 6.14. The summed E-state index contributed by atoms with van der Waals surface area (Å²) in [5, 5.41) is 3.65. The first-order chi connectivity index (χ1) is 9.20. The molecule has 108 valence electrons. The minimum atomic E-state index is 0.431. The summed E-state index contributed by atoms with van der Waals surface area (Å²) >= 11 is 7.92. The Morgan fingerprint density at radius 1 is 1.58 bits per heavy atom. The molecule has 0 spiro atoms. The Bertz CT molecular complexity index is 368. The van der Waals surface area contributed by atoms with Gasteiger partial charge in [0, 0.05) is 17.5 Å². The summed E-state index contributed by atoms with van der Waals surface area (Å²) in [4.78, 5) is 1.37. The molecule has 1 N–H and O–H groups in total. The van der Waals surface area contributed by atoms with Crippen molar-refractivity contribution in [3.63, 3.8) is 0 Å². The fourth-order valence-electron chi connectivity index (χ4n) is 2.54. The van der Waals surface area contributed by atoms with Crippen molar-refractivity contribution >= 4 is 22.9 Å². The van der Waals surface area contributed by atoms with Crippen LogP contribution in [0, 0.1) is 6.92 Å². The zero-order valence-corrected chi connectivity index (χ0v) is 13.4. The Balaban J connectivity index is 1.93. The standard InChI is InChI=1S/C15H24ClNOS/c1-3-8-17-13(7-6-12-5-4-9-18-12)14-10-11(2)15(16)19-14/h10,12-13,17H,3-9H2,1-2H3. The monoisotopic (exact) mass is 301 g/mol. The average molecular weight is 302 g/mol. The first kappa shape index (κ1) is 15.3. The maximum absolute atomic E-state index is 6.20. The molecule has 2 atom stereocenters. The highest BCUT2D eigenvalue weighted by Crippen LogP contribution is 2.33. The van der Waals surface area contributed by atoms with Crippen LogP contribution >= 0.6 is 22.9 Å². The number of thiophene rings is 1. The molecule has 1 saturated heterocycles. The lowest BCUT2D eigenvalue weighted by Crippen LogP contribution is -2.22. The fourth-order valence-corrected chi connectivity index (χ4v) is 3.87. The zero-order valence-electron chi connectivity index (χ0n) is 11.9. The van der Waals surface area contributed by atoms with E-state index < -0.39 is 0 Å². The summed E-state index contributed by atoms with van der Waals surface area (Å²) in [5.74, 6) is 0. The number of halogens is 1. The summed E-state index contributed by atoms with van der Waals surface area (Å²) in [6, 6.07) is 2.66. The highest BCUT2D eigenvalue weighted by atomic mass is 35.5. The Morgan fingerprint density at radius 2 is 2.42 bits per heavy atom. The first-order valence-electron chi connectivity index (χ1n) is 7.31. The molecular formula is C15H24ClNOS. The number of hydrogen-bond donors (Lipinski definition) is 1. The minimum absolute atomic E-state index is 0.431. The maximum atomic E-state index is 6.20. The van der Waals surface area contributed by atoms with Crippen LogP contribution in [0.3, 0.4) is 0 Å². The molecule has 0 aromatic carbocycles. The molecule has 1 aliphatic rings. The van der Waals surface area contributed by atoms with Crippen LogP contribution in [0.25, 0.3) is 0 Å². The van der Waals surface area contributed by atoms with Crippen LogP contribution < -0.4 is 5.32 Å². The van der Waals surface area contributed by atoms with Gasteiger partial charge < -0.3 is 10.1 Å². The molecule has 19 heavy (non-hydrogen) atoms. The lowest BCUT2D eigenvalue weighted by Gasteiger charge is -2.19. The molecule has 2 nitrogen and oxygen atoms in total. The van der Waals surface area contributed by atoms with Crippen LogP contribution in [-0.4, -0.2) is 19.3 Å². The molecule has 0 amide bonds. The summed E-state index contributed by atoms with van der Waals surface area (Å²) in [6.45, 7) is 6.29. The van der Waals surface area contributed by atoms with Gasteiger partial charge in [-0.3, -0.25) is 0 Å². The van der Waals surface area contributed by atoms with Gasteiger partial charge in [0.25, 0.3) is 0 Å². The third kappa shape index (κ3) is 4.45. The van der Waals surface area contributed by atoms with Gasteiger partial charge in [0.05, 0.1) is 10.4 Å². The third-order valence-corrected chi connectivity index (χ3v) is 5.33. The van der Waals surface area contributed by atoms with Crippen LogP contribution in [0.4, 0.5) is 0 Å². The smallest absolute Gasteiger partial charge is 0.0960 e. The summed E-state index contributed by atoms with van der Waals surface area (Å²) in [5.41, 5.74) is 1.20. The number of ether oxygens (including phenoxy) is 1. The summed E-state index contributed by atoms with van der Waals surface area (Å²) in [6.07, 6.45) is 6.38. The molecule has 2 rings (SSSR count). The van der Waals surface area contributed by atoms with Gasteiger partial charge in [-0.15, -0.1) is 11.3 Å². The maximum Gasteiger partial charge on any atom is 0.0960 e. The van der Waals surface area contributed by atoms with E-state index in [0.717, 1.165) is 36.8 Å². The molecule has 1 aromatic heterocycles. The lowest BCUT2D eigenvalue weighted by molar-refractivity contribution is 0.0997. The van der Waals surface area contributed by atoms with Crippen molar-refractivity contribution in [3.8, 4) is 0 Å². The van der Waals surface area contributed by atoms with Crippen molar-refractivity contribution < 1.29 is 4.74 Å². The van der Waals surface area contributed by atoms with E-state index in [1.54, 1.807) is 11.3 Å². The molecule has 1 fully saturated rings. The zero-order chi connectivity index (χ0) is 13.7. The van der Waals surface area contributed by atoms with E-state index in [2.05, 4.69) is 25.2 Å². The normalized spacial score (nSPS) is 20.9. The predicted molar refractivity (Wildman–Crippen MR) is 83.3 cm³/mol. The lowest BCUT2D eigenvalue weighted by atomic mass is 10.0. The van der Waals surface area contributed by atoms with Crippen molar-refractivity contribution in [1.82, 2.24) is 5.32 Å². The highest BCUT2D eigenvalue weighted by Gasteiger charge is 2.20. The Morgan fingerprint density at radius 3 is 3.00 bits per heavy atom. The van der Waals surface area contributed by atoms with E-state index in [0.29, 0.717) is 12.1 Å². The fraction of sp³-hybridized carbons (Fsp3) is 0.733. The molecule has 4 heteroatoms. The summed E-state index contributed by atoms with van der Waals surface area (Å²) in [7, 11) is 0. The number of hydrogen-bond acceptors (Lipinski definition) is 3. The van der Waals surface area contributed by atoms with Crippen LogP contribution in [0.2, 0.25) is 4.34 Å². The van der Waals surface area contributed by atoms with Gasteiger partial charge in [-0.2, -0.15) is 0 Å². The SMILES string of the molecule is CCCNC(CCC1CCCO1)c1cc(C)c(Cl)s1. The van der Waals surface area contributed by atoms with Gasteiger partial charge in [0.15, 0.2) is 0 Å². The quantitative estimate of drug-likeness (QED) is 0.787. The van der Waals surface area contributed by atoms with E-state index in [4.69, 9.17) is 16.3 Å². The molecular weight excluding hydrogens is 278 g/mol. The molecule has 2 unspecified atom stereocenters. The van der Waals surface area contributed by atoms with E-state index in [1.807, 2.05) is 0 Å². The second-order valence-electron chi connectivity index (χ2n) is 5.32. The molecule has 0 radical (unpaired) electrons. The van der Waals surface area contributed by atoms with Crippen molar-refractivity contribution in [2.24, 2.45) is 0 Å². The Hall–Kier alpha value is -0.0900. The number of nitrogens with one attached hydrogen (secondary N) is 1. The van der Waals surface area contributed by atoms with E-state index in [1.165, 1.54) is 23.3 Å². The topological polar surface area (TPSA) is 21.3 Å². The van der Waals surface area contributed by atoms with E-state index in [9.17, 15) is 0 Å². The van der Waals surface area contributed by atoms with E-state index in [-0.39, 0.29) is 0 Å². The average Bonchev–Trinajstić information content (AvgIpc) is 3.01. The second-order valence-corrected chi connectivity index (χ2v) is 7.01. The van der Waals surface area contributed by atoms with E-state index >= 15 is 0 Å². The Labute approximate surface area is 125 Å². The van der Waals surface area contributed by atoms with Gasteiger partial charge in [0.1, 0.15) is 0 Å². The molecule has 1 aromatic rings. The van der Waals surface area contributed by atoms with Crippen LogP contribution in [-0.2, 0) is 4.74 Å². The third-order valence-electron chi connectivity index (χ3n) is 3.66. The molecule has 2 heterocycles. The van der Waals surface area contributed by atoms with Gasteiger partial charge >= 0.3 is 0 Å². The number of rotatable bonds is 7.